The minimum Gasteiger partial charge on any atom is -0.477 e. The van der Waals surface area contributed by atoms with Crippen LogP contribution < -0.4 is 10.5 Å². The van der Waals surface area contributed by atoms with Crippen LogP contribution in [-0.2, 0) is 12.8 Å². The molecule has 2 aliphatic carbocycles. The summed E-state index contributed by atoms with van der Waals surface area (Å²) in [6.45, 7) is 1.56. The van der Waals surface area contributed by atoms with Gasteiger partial charge in [0.25, 0.3) is 0 Å². The molecule has 2 aliphatic rings. The Morgan fingerprint density at radius 1 is 1.05 bits per heavy atom. The van der Waals surface area contributed by atoms with Gasteiger partial charge in [-0.15, -0.1) is 0 Å². The average molecular weight is 275 g/mol. The van der Waals surface area contributed by atoms with Crippen molar-refractivity contribution in [2.75, 3.05) is 13.2 Å². The predicted molar refractivity (Wildman–Crippen MR) is 78.7 cm³/mol. The molecule has 0 spiro atoms. The number of rotatable bonds is 4. The second-order valence-corrected chi connectivity index (χ2v) is 6.16. The van der Waals surface area contributed by atoms with E-state index in [1.807, 2.05) is 0 Å². The molecule has 0 saturated heterocycles. The largest absolute Gasteiger partial charge is 0.477 e. The molecule has 2 N–H and O–H groups in total. The van der Waals surface area contributed by atoms with Crippen molar-refractivity contribution in [1.82, 2.24) is 9.97 Å². The van der Waals surface area contributed by atoms with Crippen LogP contribution in [0.1, 0.15) is 49.8 Å². The first-order valence-corrected chi connectivity index (χ1v) is 8.04. The molecule has 2 unspecified atom stereocenters. The van der Waals surface area contributed by atoms with Crippen LogP contribution in [0.25, 0.3) is 0 Å². The third-order valence-electron chi connectivity index (χ3n) is 4.89. The molecule has 0 aromatic carbocycles. The first kappa shape index (κ1) is 13.8. The van der Waals surface area contributed by atoms with E-state index >= 15 is 0 Å². The van der Waals surface area contributed by atoms with Gasteiger partial charge >= 0.3 is 0 Å². The van der Waals surface area contributed by atoms with E-state index in [9.17, 15) is 0 Å². The van der Waals surface area contributed by atoms with Gasteiger partial charge in [0.15, 0.2) is 0 Å². The number of hydrogen-bond donors (Lipinski definition) is 1. The molecule has 2 atom stereocenters. The van der Waals surface area contributed by atoms with Crippen molar-refractivity contribution in [2.45, 2.75) is 51.4 Å². The summed E-state index contributed by atoms with van der Waals surface area (Å²) >= 11 is 0. The normalized spacial score (nSPS) is 26.1. The Balaban J connectivity index is 1.68. The Morgan fingerprint density at radius 2 is 1.90 bits per heavy atom. The highest BCUT2D eigenvalue weighted by atomic mass is 16.5. The number of ether oxygens (including phenoxy) is 1. The third kappa shape index (κ3) is 2.95. The maximum absolute atomic E-state index is 6.07. The Labute approximate surface area is 121 Å². The fraction of sp³-hybridized carbons (Fsp3) is 0.750. The second-order valence-electron chi connectivity index (χ2n) is 6.16. The van der Waals surface area contributed by atoms with Gasteiger partial charge in [-0.1, -0.05) is 12.8 Å². The van der Waals surface area contributed by atoms with E-state index in [0.717, 1.165) is 31.9 Å². The van der Waals surface area contributed by atoms with E-state index in [-0.39, 0.29) is 0 Å². The van der Waals surface area contributed by atoms with Gasteiger partial charge in [-0.25, -0.2) is 9.97 Å². The molecule has 0 amide bonds. The molecule has 0 aliphatic heterocycles. The molecule has 4 heteroatoms. The van der Waals surface area contributed by atoms with Gasteiger partial charge in [0, 0.05) is 5.56 Å². The lowest BCUT2D eigenvalue weighted by molar-refractivity contribution is 0.208. The summed E-state index contributed by atoms with van der Waals surface area (Å²) in [6, 6.07) is 0. The van der Waals surface area contributed by atoms with E-state index in [0.29, 0.717) is 11.8 Å². The molecule has 20 heavy (non-hydrogen) atoms. The maximum Gasteiger partial charge on any atom is 0.219 e. The van der Waals surface area contributed by atoms with Gasteiger partial charge in [0.2, 0.25) is 5.88 Å². The Bertz CT molecular complexity index is 449. The molecule has 4 nitrogen and oxygen atoms in total. The van der Waals surface area contributed by atoms with Crippen LogP contribution in [0.2, 0.25) is 0 Å². The molecule has 3 rings (SSSR count). The second kappa shape index (κ2) is 6.53. The van der Waals surface area contributed by atoms with Crippen LogP contribution in [0.3, 0.4) is 0 Å². The molecule has 1 saturated carbocycles. The van der Waals surface area contributed by atoms with Gasteiger partial charge in [-0.3, -0.25) is 0 Å². The summed E-state index contributed by atoms with van der Waals surface area (Å²) in [7, 11) is 0. The van der Waals surface area contributed by atoms with Gasteiger partial charge in [0.1, 0.15) is 6.33 Å². The zero-order chi connectivity index (χ0) is 13.8. The van der Waals surface area contributed by atoms with Crippen LogP contribution in [0.4, 0.5) is 0 Å². The minimum absolute atomic E-state index is 0.608. The maximum atomic E-state index is 6.07. The lowest BCUT2D eigenvalue weighted by atomic mass is 9.97. The van der Waals surface area contributed by atoms with Gasteiger partial charge in [-0.05, 0) is 56.9 Å². The SMILES string of the molecule is NCC1CCCC1COc1ncnc2c1CCCCC2. The van der Waals surface area contributed by atoms with E-state index < -0.39 is 0 Å². The topological polar surface area (TPSA) is 61.0 Å². The number of aromatic nitrogens is 2. The molecule has 1 heterocycles. The van der Waals surface area contributed by atoms with Crippen LogP contribution >= 0.6 is 0 Å². The zero-order valence-corrected chi connectivity index (χ0v) is 12.2. The number of fused-ring (bicyclic) bond motifs is 1. The van der Waals surface area contributed by atoms with E-state index in [4.69, 9.17) is 10.5 Å². The highest BCUT2D eigenvalue weighted by Crippen LogP contribution is 2.32. The molecule has 0 bridgehead atoms. The van der Waals surface area contributed by atoms with Crippen molar-refractivity contribution < 1.29 is 4.74 Å². The molecule has 110 valence electrons. The summed E-state index contributed by atoms with van der Waals surface area (Å²) < 4.78 is 6.07. The Morgan fingerprint density at radius 3 is 2.80 bits per heavy atom. The van der Waals surface area contributed by atoms with Gasteiger partial charge in [0.05, 0.1) is 12.3 Å². The van der Waals surface area contributed by atoms with Crippen molar-refractivity contribution in [3.05, 3.63) is 17.6 Å². The van der Waals surface area contributed by atoms with Gasteiger partial charge in [-0.2, -0.15) is 0 Å². The molecular formula is C16H25N3O. The fourth-order valence-electron chi connectivity index (χ4n) is 3.62. The number of nitrogens with two attached hydrogens (primary N) is 1. The first-order valence-electron chi connectivity index (χ1n) is 8.04. The molecule has 1 aromatic heterocycles. The van der Waals surface area contributed by atoms with Crippen molar-refractivity contribution >= 4 is 0 Å². The lowest BCUT2D eigenvalue weighted by Gasteiger charge is -2.19. The monoisotopic (exact) mass is 275 g/mol. The first-order chi connectivity index (χ1) is 9.88. The number of aryl methyl sites for hydroxylation is 1. The minimum atomic E-state index is 0.608. The highest BCUT2D eigenvalue weighted by Gasteiger charge is 2.27. The predicted octanol–water partition coefficient (Wildman–Crippen LogP) is 2.50. The van der Waals surface area contributed by atoms with Crippen LogP contribution in [0.5, 0.6) is 5.88 Å². The van der Waals surface area contributed by atoms with Crippen molar-refractivity contribution in [3.8, 4) is 5.88 Å². The Kier molecular flexibility index (Phi) is 4.51. The molecule has 1 fully saturated rings. The highest BCUT2D eigenvalue weighted by molar-refractivity contribution is 5.30. The number of hydrogen-bond acceptors (Lipinski definition) is 4. The summed E-state index contributed by atoms with van der Waals surface area (Å²) in [4.78, 5) is 8.82. The smallest absolute Gasteiger partial charge is 0.219 e. The van der Waals surface area contributed by atoms with E-state index in [2.05, 4.69) is 9.97 Å². The molecule has 1 aromatic rings. The summed E-state index contributed by atoms with van der Waals surface area (Å²) in [6.07, 6.45) is 11.3. The lowest BCUT2D eigenvalue weighted by Crippen LogP contribution is -2.24. The summed E-state index contributed by atoms with van der Waals surface area (Å²) in [5.41, 5.74) is 8.30. The average Bonchev–Trinajstić information content (AvgIpc) is 2.80. The van der Waals surface area contributed by atoms with Crippen molar-refractivity contribution in [1.29, 1.82) is 0 Å². The zero-order valence-electron chi connectivity index (χ0n) is 12.2. The Hall–Kier alpha value is -1.16. The van der Waals surface area contributed by atoms with Crippen LogP contribution in [-0.4, -0.2) is 23.1 Å². The van der Waals surface area contributed by atoms with E-state index in [1.54, 1.807) is 6.33 Å². The number of nitrogens with zero attached hydrogens (tertiary/aromatic N) is 2. The van der Waals surface area contributed by atoms with Crippen molar-refractivity contribution in [2.24, 2.45) is 17.6 Å². The van der Waals surface area contributed by atoms with Gasteiger partial charge < -0.3 is 10.5 Å². The third-order valence-corrected chi connectivity index (χ3v) is 4.89. The van der Waals surface area contributed by atoms with Crippen molar-refractivity contribution in [3.63, 3.8) is 0 Å². The van der Waals surface area contributed by atoms with Crippen LogP contribution in [0.15, 0.2) is 6.33 Å². The fourth-order valence-corrected chi connectivity index (χ4v) is 3.62. The summed E-state index contributed by atoms with van der Waals surface area (Å²) in [5, 5.41) is 0. The quantitative estimate of drug-likeness (QED) is 0.858. The molecule has 0 radical (unpaired) electrons. The standard InChI is InChI=1S/C16H25N3O/c17-9-12-5-4-6-13(12)10-20-16-14-7-2-1-3-8-15(14)18-11-19-16/h11-13H,1-10,17H2. The van der Waals surface area contributed by atoms with Crippen LogP contribution in [0, 0.1) is 11.8 Å². The van der Waals surface area contributed by atoms with E-state index in [1.165, 1.54) is 49.8 Å². The molecular weight excluding hydrogens is 250 g/mol. The summed E-state index contributed by atoms with van der Waals surface area (Å²) in [5.74, 6) is 2.08.